The third-order valence-corrected chi connectivity index (χ3v) is 3.21. The zero-order valence-corrected chi connectivity index (χ0v) is 11.7. The lowest BCUT2D eigenvalue weighted by Gasteiger charge is -2.20. The molecule has 0 fully saturated rings. The number of aromatic nitrogens is 1. The molecule has 0 spiro atoms. The Hall–Kier alpha value is -1.69. The molecule has 0 saturated carbocycles. The van der Waals surface area contributed by atoms with Gasteiger partial charge in [0, 0.05) is 30.2 Å². The summed E-state index contributed by atoms with van der Waals surface area (Å²) >= 11 is 5.90. The molecular formula is C14H15ClN2O3. The molecule has 6 heteroatoms. The van der Waals surface area contributed by atoms with E-state index in [1.165, 1.54) is 4.90 Å². The van der Waals surface area contributed by atoms with E-state index in [9.17, 15) is 9.90 Å². The van der Waals surface area contributed by atoms with E-state index < -0.39 is 6.10 Å². The fourth-order valence-corrected chi connectivity index (χ4v) is 2.14. The predicted molar refractivity (Wildman–Crippen MR) is 76.8 cm³/mol. The Bertz CT molecular complexity index is 633. The van der Waals surface area contributed by atoms with Gasteiger partial charge >= 0.3 is 0 Å². The number of amides is 1. The molecule has 0 unspecified atom stereocenters. The number of carbonyl (C=O) groups is 1. The van der Waals surface area contributed by atoms with Crippen molar-refractivity contribution in [3.63, 3.8) is 0 Å². The van der Waals surface area contributed by atoms with E-state index in [2.05, 4.69) is 4.98 Å². The molecule has 5 nitrogen and oxygen atoms in total. The monoisotopic (exact) mass is 294 g/mol. The molecule has 2 aromatic rings. The Morgan fingerprint density at radius 1 is 1.45 bits per heavy atom. The van der Waals surface area contributed by atoms with Gasteiger partial charge in [-0.25, -0.2) is 0 Å². The topological polar surface area (TPSA) is 73.7 Å². The lowest BCUT2D eigenvalue weighted by molar-refractivity contribution is 0.0521. The number of pyridine rings is 1. The zero-order chi connectivity index (χ0) is 14.7. The quantitative estimate of drug-likeness (QED) is 0.892. The second-order valence-electron chi connectivity index (χ2n) is 4.54. The maximum absolute atomic E-state index is 12.4. The number of benzene rings is 1. The van der Waals surface area contributed by atoms with Crippen molar-refractivity contribution in [1.82, 2.24) is 9.88 Å². The van der Waals surface area contributed by atoms with Gasteiger partial charge in [-0.2, -0.15) is 0 Å². The number of aliphatic hydroxyl groups is 2. The molecular weight excluding hydrogens is 280 g/mol. The van der Waals surface area contributed by atoms with Crippen molar-refractivity contribution in [2.45, 2.75) is 6.10 Å². The lowest BCUT2D eigenvalue weighted by Crippen LogP contribution is -2.35. The summed E-state index contributed by atoms with van der Waals surface area (Å²) in [6.07, 6.45) is 0.592. The van der Waals surface area contributed by atoms with E-state index in [-0.39, 0.29) is 19.1 Å². The first-order valence-corrected chi connectivity index (χ1v) is 6.49. The van der Waals surface area contributed by atoms with Gasteiger partial charge in [-0.15, -0.1) is 0 Å². The second-order valence-corrected chi connectivity index (χ2v) is 4.98. The highest BCUT2D eigenvalue weighted by atomic mass is 35.5. The number of aliphatic hydroxyl groups excluding tert-OH is 2. The first-order valence-electron chi connectivity index (χ1n) is 6.11. The van der Waals surface area contributed by atoms with Crippen LogP contribution in [0.1, 0.15) is 10.4 Å². The van der Waals surface area contributed by atoms with Crippen molar-refractivity contribution in [3.8, 4) is 0 Å². The minimum atomic E-state index is -0.952. The summed E-state index contributed by atoms with van der Waals surface area (Å²) < 4.78 is 0. The summed E-state index contributed by atoms with van der Waals surface area (Å²) in [6.45, 7) is -0.322. The van der Waals surface area contributed by atoms with Gasteiger partial charge in [0.2, 0.25) is 0 Å². The average Bonchev–Trinajstić information content (AvgIpc) is 2.45. The summed E-state index contributed by atoms with van der Waals surface area (Å²) in [4.78, 5) is 17.9. The fraction of sp³-hybridized carbons (Fsp3) is 0.286. The first-order chi connectivity index (χ1) is 9.52. The van der Waals surface area contributed by atoms with Crippen molar-refractivity contribution in [2.24, 2.45) is 0 Å². The molecule has 1 amide bonds. The molecule has 1 aromatic carbocycles. The van der Waals surface area contributed by atoms with E-state index in [1.54, 1.807) is 37.5 Å². The van der Waals surface area contributed by atoms with Crippen LogP contribution in [0.3, 0.4) is 0 Å². The number of hydrogen-bond donors (Lipinski definition) is 2. The van der Waals surface area contributed by atoms with Crippen LogP contribution in [-0.4, -0.2) is 52.3 Å². The molecule has 0 aliphatic heterocycles. The van der Waals surface area contributed by atoms with Gasteiger partial charge < -0.3 is 15.1 Å². The molecule has 0 aliphatic rings. The van der Waals surface area contributed by atoms with E-state index in [0.717, 1.165) is 0 Å². The molecule has 106 valence electrons. The number of rotatable bonds is 4. The fourth-order valence-electron chi connectivity index (χ4n) is 1.97. The van der Waals surface area contributed by atoms with Gasteiger partial charge in [-0.3, -0.25) is 9.78 Å². The maximum Gasteiger partial charge on any atom is 0.254 e. The standard InChI is InChI=1S/C14H15ClN2O3/c1-17(7-10(19)8-18)14(20)12-4-5-16-13-6-9(15)2-3-11(12)13/h2-6,10,18-19H,7-8H2,1H3/t10-/m0/s1. The number of hydrogen-bond acceptors (Lipinski definition) is 4. The van der Waals surface area contributed by atoms with E-state index in [4.69, 9.17) is 16.7 Å². The molecule has 0 bridgehead atoms. The van der Waals surface area contributed by atoms with Crippen LogP contribution in [0.4, 0.5) is 0 Å². The van der Waals surface area contributed by atoms with Gasteiger partial charge in [0.15, 0.2) is 0 Å². The van der Waals surface area contributed by atoms with Crippen molar-refractivity contribution >= 4 is 28.4 Å². The Balaban J connectivity index is 2.35. The molecule has 1 atom stereocenters. The maximum atomic E-state index is 12.4. The summed E-state index contributed by atoms with van der Waals surface area (Å²) in [7, 11) is 1.57. The molecule has 20 heavy (non-hydrogen) atoms. The van der Waals surface area contributed by atoms with E-state index in [0.29, 0.717) is 21.5 Å². The van der Waals surface area contributed by atoms with Crippen molar-refractivity contribution < 1.29 is 15.0 Å². The molecule has 0 saturated heterocycles. The predicted octanol–water partition coefficient (Wildman–Crippen LogP) is 1.31. The van der Waals surface area contributed by atoms with Crippen LogP contribution < -0.4 is 0 Å². The first kappa shape index (κ1) is 14.7. The van der Waals surface area contributed by atoms with Crippen LogP contribution in [-0.2, 0) is 0 Å². The van der Waals surface area contributed by atoms with Crippen molar-refractivity contribution in [1.29, 1.82) is 0 Å². The van der Waals surface area contributed by atoms with Gasteiger partial charge in [0.05, 0.1) is 23.8 Å². The summed E-state index contributed by atoms with van der Waals surface area (Å²) in [6, 6.07) is 6.76. The third-order valence-electron chi connectivity index (χ3n) is 2.98. The smallest absolute Gasteiger partial charge is 0.254 e. The Kier molecular flexibility index (Phi) is 4.54. The molecule has 2 rings (SSSR count). The highest BCUT2D eigenvalue weighted by Crippen LogP contribution is 2.21. The van der Waals surface area contributed by atoms with Crippen molar-refractivity contribution in [3.05, 3.63) is 41.0 Å². The Morgan fingerprint density at radius 2 is 2.20 bits per heavy atom. The van der Waals surface area contributed by atoms with Gasteiger partial charge in [-0.1, -0.05) is 17.7 Å². The summed E-state index contributed by atoms with van der Waals surface area (Å²) in [5.41, 5.74) is 1.12. The van der Waals surface area contributed by atoms with Crippen LogP contribution >= 0.6 is 11.6 Å². The van der Waals surface area contributed by atoms with Crippen LogP contribution in [0.5, 0.6) is 0 Å². The van der Waals surface area contributed by atoms with Crippen LogP contribution in [0, 0.1) is 0 Å². The van der Waals surface area contributed by atoms with Crippen molar-refractivity contribution in [2.75, 3.05) is 20.2 Å². The number of fused-ring (bicyclic) bond motifs is 1. The summed E-state index contributed by atoms with van der Waals surface area (Å²) in [5.74, 6) is -0.243. The highest BCUT2D eigenvalue weighted by Gasteiger charge is 2.17. The minimum absolute atomic E-state index is 0.0622. The number of halogens is 1. The van der Waals surface area contributed by atoms with Crippen LogP contribution in [0.25, 0.3) is 10.9 Å². The van der Waals surface area contributed by atoms with E-state index >= 15 is 0 Å². The minimum Gasteiger partial charge on any atom is -0.394 e. The highest BCUT2D eigenvalue weighted by molar-refractivity contribution is 6.31. The molecule has 0 radical (unpaired) electrons. The summed E-state index contributed by atoms with van der Waals surface area (Å²) in [5, 5.41) is 19.5. The average molecular weight is 295 g/mol. The lowest BCUT2D eigenvalue weighted by atomic mass is 10.1. The molecule has 1 aromatic heterocycles. The number of nitrogens with zero attached hydrogens (tertiary/aromatic N) is 2. The zero-order valence-electron chi connectivity index (χ0n) is 11.0. The number of carbonyl (C=O) groups excluding carboxylic acids is 1. The van der Waals surface area contributed by atoms with Crippen LogP contribution in [0.2, 0.25) is 5.02 Å². The third kappa shape index (κ3) is 3.07. The SMILES string of the molecule is CN(C[C@H](O)CO)C(=O)c1ccnc2cc(Cl)ccc12. The molecule has 0 aliphatic carbocycles. The van der Waals surface area contributed by atoms with Crippen LogP contribution in [0.15, 0.2) is 30.5 Å². The molecule has 2 N–H and O–H groups in total. The number of likely N-dealkylation sites (N-methyl/N-ethyl adjacent to an activating group) is 1. The van der Waals surface area contributed by atoms with Gasteiger partial charge in [0.1, 0.15) is 0 Å². The molecule has 1 heterocycles. The van der Waals surface area contributed by atoms with Gasteiger partial charge in [0.25, 0.3) is 5.91 Å². The van der Waals surface area contributed by atoms with E-state index in [1.807, 2.05) is 0 Å². The second kappa shape index (κ2) is 6.17. The Morgan fingerprint density at radius 3 is 2.90 bits per heavy atom. The Labute approximate surface area is 121 Å². The largest absolute Gasteiger partial charge is 0.394 e. The normalized spacial score (nSPS) is 12.4. The van der Waals surface area contributed by atoms with Gasteiger partial charge in [-0.05, 0) is 18.2 Å².